The molecule has 0 spiro atoms. The van der Waals surface area contributed by atoms with Crippen molar-refractivity contribution in [2.24, 2.45) is 0 Å². The predicted molar refractivity (Wildman–Crippen MR) is 262 cm³/mol. The third-order valence-corrected chi connectivity index (χ3v) is 12.9. The molecule has 12 rings (SSSR count). The summed E-state index contributed by atoms with van der Waals surface area (Å²) < 4.78 is 6.64. The SMILES string of the molecule is c1ccc(-c2ccc(N(c3cccc(C4(c5ccccc5)c5ccccc5-c5ccccc54)c3)c3ccc4oc5ccccc5c4c3-c3cccc(-c4ccccc4)c3)cc2)cc1. The minimum Gasteiger partial charge on any atom is -0.456 e. The van der Waals surface area contributed by atoms with E-state index in [1.165, 1.54) is 50.1 Å². The Balaban J connectivity index is 1.15. The first-order valence-electron chi connectivity index (χ1n) is 21.7. The molecule has 63 heavy (non-hydrogen) atoms. The normalized spacial score (nSPS) is 12.6. The molecule has 11 aromatic rings. The van der Waals surface area contributed by atoms with E-state index < -0.39 is 5.41 Å². The molecular formula is C61H41NO. The summed E-state index contributed by atoms with van der Waals surface area (Å²) in [5.41, 5.74) is 18.8. The van der Waals surface area contributed by atoms with E-state index in [-0.39, 0.29) is 0 Å². The van der Waals surface area contributed by atoms with Gasteiger partial charge in [0.15, 0.2) is 0 Å². The first kappa shape index (κ1) is 36.6. The van der Waals surface area contributed by atoms with Gasteiger partial charge in [0.2, 0.25) is 0 Å². The number of hydrogen-bond acceptors (Lipinski definition) is 2. The molecule has 0 radical (unpaired) electrons. The number of furan rings is 1. The molecule has 1 aliphatic rings. The number of para-hydroxylation sites is 1. The summed E-state index contributed by atoms with van der Waals surface area (Å²) in [6, 6.07) is 90.3. The van der Waals surface area contributed by atoms with Crippen molar-refractivity contribution < 1.29 is 4.42 Å². The Morgan fingerprint density at radius 3 is 1.59 bits per heavy atom. The first-order chi connectivity index (χ1) is 31.3. The minimum absolute atomic E-state index is 0.551. The summed E-state index contributed by atoms with van der Waals surface area (Å²) in [7, 11) is 0. The number of nitrogens with zero attached hydrogens (tertiary/aromatic N) is 1. The van der Waals surface area contributed by atoms with Gasteiger partial charge in [0.25, 0.3) is 0 Å². The Morgan fingerprint density at radius 2 is 0.873 bits per heavy atom. The maximum Gasteiger partial charge on any atom is 0.136 e. The van der Waals surface area contributed by atoms with Crippen LogP contribution in [0.25, 0.3) is 66.4 Å². The maximum absolute atomic E-state index is 6.64. The number of hydrogen-bond donors (Lipinski definition) is 0. The standard InChI is InChI=1S/C61H41NO/c1-4-18-42(19-5-1)44-34-36-49(37-35-44)62(50-27-17-26-48(41-50)61(47-24-8-3-9-25-47)54-31-13-10-28-51(54)52-29-11-14-32-55(52)61)56-38-39-58-60(53-30-12-15-33-57(53)63-58)59(56)46-23-16-22-45(40-46)43-20-6-2-7-21-43/h1-41H. The van der Waals surface area contributed by atoms with Gasteiger partial charge in [-0.3, -0.25) is 0 Å². The second-order valence-electron chi connectivity index (χ2n) is 16.4. The van der Waals surface area contributed by atoms with Gasteiger partial charge in [-0.2, -0.15) is 0 Å². The second-order valence-corrected chi connectivity index (χ2v) is 16.4. The lowest BCUT2D eigenvalue weighted by Crippen LogP contribution is -2.28. The highest BCUT2D eigenvalue weighted by atomic mass is 16.3. The molecule has 0 aliphatic heterocycles. The summed E-state index contributed by atoms with van der Waals surface area (Å²) in [5, 5.41) is 2.18. The molecule has 2 nitrogen and oxygen atoms in total. The van der Waals surface area contributed by atoms with E-state index in [9.17, 15) is 0 Å². The smallest absolute Gasteiger partial charge is 0.136 e. The molecule has 0 atom stereocenters. The van der Waals surface area contributed by atoms with Crippen LogP contribution in [0.15, 0.2) is 253 Å². The molecule has 1 aliphatic carbocycles. The molecule has 1 heterocycles. The third-order valence-electron chi connectivity index (χ3n) is 12.9. The van der Waals surface area contributed by atoms with Crippen molar-refractivity contribution in [3.63, 3.8) is 0 Å². The van der Waals surface area contributed by atoms with Gasteiger partial charge in [0.05, 0.1) is 11.1 Å². The van der Waals surface area contributed by atoms with Gasteiger partial charge in [-0.15, -0.1) is 0 Å². The topological polar surface area (TPSA) is 16.4 Å². The van der Waals surface area contributed by atoms with Crippen LogP contribution in [0.2, 0.25) is 0 Å². The van der Waals surface area contributed by atoms with E-state index >= 15 is 0 Å². The van der Waals surface area contributed by atoms with Gasteiger partial charge < -0.3 is 9.32 Å². The fourth-order valence-corrected chi connectivity index (χ4v) is 10.2. The van der Waals surface area contributed by atoms with Crippen molar-refractivity contribution in [1.82, 2.24) is 0 Å². The predicted octanol–water partition coefficient (Wildman–Crippen LogP) is 16.4. The van der Waals surface area contributed by atoms with Crippen molar-refractivity contribution in [2.45, 2.75) is 5.41 Å². The number of rotatable bonds is 8. The Kier molecular flexibility index (Phi) is 8.76. The molecule has 0 N–H and O–H groups in total. The molecule has 2 heteroatoms. The molecule has 0 bridgehead atoms. The van der Waals surface area contributed by atoms with Crippen molar-refractivity contribution in [3.05, 3.63) is 271 Å². The van der Waals surface area contributed by atoms with Crippen molar-refractivity contribution >= 4 is 39.0 Å². The van der Waals surface area contributed by atoms with Gasteiger partial charge in [0, 0.05) is 27.7 Å². The van der Waals surface area contributed by atoms with Crippen LogP contribution < -0.4 is 4.90 Å². The van der Waals surface area contributed by atoms with Gasteiger partial charge in [-0.05, 0) is 110 Å². The Labute approximate surface area is 367 Å². The number of benzene rings is 10. The summed E-state index contributed by atoms with van der Waals surface area (Å²) in [5.74, 6) is 0. The van der Waals surface area contributed by atoms with Gasteiger partial charge >= 0.3 is 0 Å². The van der Waals surface area contributed by atoms with E-state index in [0.29, 0.717) is 0 Å². The summed E-state index contributed by atoms with van der Waals surface area (Å²) in [6.45, 7) is 0. The van der Waals surface area contributed by atoms with Crippen molar-refractivity contribution in [2.75, 3.05) is 4.90 Å². The van der Waals surface area contributed by atoms with Crippen LogP contribution in [0.5, 0.6) is 0 Å². The Bertz CT molecular complexity index is 3400. The van der Waals surface area contributed by atoms with E-state index in [1.54, 1.807) is 0 Å². The monoisotopic (exact) mass is 803 g/mol. The highest BCUT2D eigenvalue weighted by molar-refractivity contribution is 6.16. The molecular weight excluding hydrogens is 763 g/mol. The highest BCUT2D eigenvalue weighted by Crippen LogP contribution is 2.57. The molecule has 0 unspecified atom stereocenters. The Morgan fingerprint density at radius 1 is 0.333 bits per heavy atom. The first-order valence-corrected chi connectivity index (χ1v) is 21.7. The molecule has 296 valence electrons. The van der Waals surface area contributed by atoms with Crippen LogP contribution in [-0.4, -0.2) is 0 Å². The molecule has 0 saturated heterocycles. The van der Waals surface area contributed by atoms with Crippen LogP contribution in [-0.2, 0) is 5.41 Å². The van der Waals surface area contributed by atoms with Crippen LogP contribution >= 0.6 is 0 Å². The Hall–Kier alpha value is -8.20. The highest BCUT2D eigenvalue weighted by Gasteiger charge is 2.46. The van der Waals surface area contributed by atoms with E-state index in [1.807, 2.05) is 0 Å². The number of anilines is 3. The van der Waals surface area contributed by atoms with Crippen LogP contribution in [0.3, 0.4) is 0 Å². The summed E-state index contributed by atoms with van der Waals surface area (Å²) in [4.78, 5) is 2.45. The molecule has 0 fully saturated rings. The average molecular weight is 804 g/mol. The lowest BCUT2D eigenvalue weighted by atomic mass is 9.67. The zero-order chi connectivity index (χ0) is 41.7. The summed E-state index contributed by atoms with van der Waals surface area (Å²) in [6.07, 6.45) is 0. The fourth-order valence-electron chi connectivity index (χ4n) is 10.2. The maximum atomic E-state index is 6.64. The van der Waals surface area contributed by atoms with Crippen LogP contribution in [0.1, 0.15) is 22.3 Å². The van der Waals surface area contributed by atoms with Gasteiger partial charge in [-0.1, -0.05) is 200 Å². The molecule has 1 aromatic heterocycles. The fraction of sp³-hybridized carbons (Fsp3) is 0.0164. The van der Waals surface area contributed by atoms with Crippen LogP contribution in [0.4, 0.5) is 17.1 Å². The van der Waals surface area contributed by atoms with Crippen molar-refractivity contribution in [1.29, 1.82) is 0 Å². The van der Waals surface area contributed by atoms with Gasteiger partial charge in [-0.25, -0.2) is 0 Å². The second kappa shape index (κ2) is 15.1. The van der Waals surface area contributed by atoms with E-state index in [0.717, 1.165) is 55.7 Å². The minimum atomic E-state index is -0.551. The molecule has 0 amide bonds. The van der Waals surface area contributed by atoms with Crippen molar-refractivity contribution in [3.8, 4) is 44.5 Å². The molecule has 0 saturated carbocycles. The zero-order valence-corrected chi connectivity index (χ0v) is 34.5. The van der Waals surface area contributed by atoms with E-state index in [4.69, 9.17) is 4.42 Å². The summed E-state index contributed by atoms with van der Waals surface area (Å²) >= 11 is 0. The lowest BCUT2D eigenvalue weighted by Gasteiger charge is -2.35. The van der Waals surface area contributed by atoms with Crippen LogP contribution in [0, 0.1) is 0 Å². The molecule has 10 aromatic carbocycles. The lowest BCUT2D eigenvalue weighted by molar-refractivity contribution is 0.669. The average Bonchev–Trinajstić information content (AvgIpc) is 3.89. The number of fused-ring (bicyclic) bond motifs is 6. The van der Waals surface area contributed by atoms with Gasteiger partial charge in [0.1, 0.15) is 11.2 Å². The quantitative estimate of drug-likeness (QED) is 0.152. The zero-order valence-electron chi connectivity index (χ0n) is 34.5. The van der Waals surface area contributed by atoms with E-state index in [2.05, 4.69) is 254 Å². The largest absolute Gasteiger partial charge is 0.456 e. The third kappa shape index (κ3) is 5.95.